The predicted octanol–water partition coefficient (Wildman–Crippen LogP) is 1.13. The number of piperidine rings is 1. The minimum atomic E-state index is -0.354. The Labute approximate surface area is 135 Å². The topological polar surface area (TPSA) is 75.1 Å². The predicted molar refractivity (Wildman–Crippen MR) is 87.8 cm³/mol. The maximum absolute atomic E-state index is 11.9. The number of hydrogen-bond donors (Lipinski definition) is 3. The smallest absolute Gasteiger partial charge is 0.336 e. The van der Waals surface area contributed by atoms with Gasteiger partial charge in [0, 0.05) is 30.0 Å². The van der Waals surface area contributed by atoms with Gasteiger partial charge in [0.2, 0.25) is 0 Å². The van der Waals surface area contributed by atoms with Gasteiger partial charge < -0.3 is 19.5 Å². The third kappa shape index (κ3) is 3.41. The Morgan fingerprint density at radius 1 is 1.30 bits per heavy atom. The van der Waals surface area contributed by atoms with Crippen LogP contribution in [0.4, 0.5) is 0 Å². The first-order valence-corrected chi connectivity index (χ1v) is 8.30. The normalized spacial score (nSPS) is 21.7. The molecule has 124 valence electrons. The summed E-state index contributed by atoms with van der Waals surface area (Å²) in [5.74, 6) is 0.216. The van der Waals surface area contributed by atoms with Gasteiger partial charge in [0.25, 0.3) is 0 Å². The number of rotatable bonds is 4. The van der Waals surface area contributed by atoms with Crippen molar-refractivity contribution in [2.24, 2.45) is 0 Å². The van der Waals surface area contributed by atoms with Crippen LogP contribution in [0, 0.1) is 6.92 Å². The van der Waals surface area contributed by atoms with Crippen LogP contribution in [-0.2, 0) is 6.54 Å². The van der Waals surface area contributed by atoms with Crippen LogP contribution in [0.25, 0.3) is 11.0 Å². The number of likely N-dealkylation sites (tertiary alicyclic amines) is 1. The van der Waals surface area contributed by atoms with Crippen LogP contribution < -0.4 is 10.5 Å². The van der Waals surface area contributed by atoms with E-state index < -0.39 is 0 Å². The van der Waals surface area contributed by atoms with Gasteiger partial charge in [-0.25, -0.2) is 4.79 Å². The van der Waals surface area contributed by atoms with Gasteiger partial charge in [-0.2, -0.15) is 0 Å². The lowest BCUT2D eigenvalue weighted by Crippen LogP contribution is -3.15. The maximum atomic E-state index is 11.9. The maximum Gasteiger partial charge on any atom is 0.336 e. The Kier molecular flexibility index (Phi) is 4.68. The summed E-state index contributed by atoms with van der Waals surface area (Å²) < 4.78 is 5.29. The molecule has 1 saturated heterocycles. The highest BCUT2D eigenvalue weighted by Crippen LogP contribution is 2.25. The quantitative estimate of drug-likeness (QED) is 0.739. The van der Waals surface area contributed by atoms with E-state index in [9.17, 15) is 15.0 Å². The number of quaternary nitrogens is 1. The molecular formula is C18H24NO4+. The molecule has 0 aliphatic carbocycles. The van der Waals surface area contributed by atoms with Crippen LogP contribution in [0.15, 0.2) is 27.4 Å². The summed E-state index contributed by atoms with van der Waals surface area (Å²) >= 11 is 0. The lowest BCUT2D eigenvalue weighted by molar-refractivity contribution is -0.944. The Morgan fingerprint density at radius 3 is 2.91 bits per heavy atom. The van der Waals surface area contributed by atoms with Crippen LogP contribution in [0.5, 0.6) is 5.75 Å². The van der Waals surface area contributed by atoms with Crippen molar-refractivity contribution in [3.63, 3.8) is 0 Å². The number of fused-ring (bicyclic) bond motifs is 1. The first-order valence-electron chi connectivity index (χ1n) is 8.30. The van der Waals surface area contributed by atoms with Crippen molar-refractivity contribution >= 4 is 11.0 Å². The number of aliphatic hydroxyl groups excluding tert-OH is 1. The van der Waals surface area contributed by atoms with Crippen molar-refractivity contribution in [1.82, 2.24) is 0 Å². The van der Waals surface area contributed by atoms with Crippen molar-refractivity contribution in [2.75, 3.05) is 13.2 Å². The number of hydrogen-bond acceptors (Lipinski definition) is 4. The average Bonchev–Trinajstić information content (AvgIpc) is 2.51. The highest BCUT2D eigenvalue weighted by atomic mass is 16.4. The molecule has 0 radical (unpaired) electrons. The van der Waals surface area contributed by atoms with Crippen molar-refractivity contribution in [3.8, 4) is 5.75 Å². The van der Waals surface area contributed by atoms with Crippen molar-refractivity contribution < 1.29 is 19.5 Å². The molecule has 23 heavy (non-hydrogen) atoms. The molecule has 2 atom stereocenters. The van der Waals surface area contributed by atoms with Gasteiger partial charge in [-0.3, -0.25) is 0 Å². The standard InChI is InChI=1S/C18H23NO4/c1-12-8-17-15(10-16(12)21)13(9-18(22)23-17)11-19-6-3-2-4-14(19)5-7-20/h8-10,14,20-21H,2-7,11H2,1H3/p+1/t14-/m1/s1. The fourth-order valence-electron chi connectivity index (χ4n) is 3.64. The SMILES string of the molecule is Cc1cc2oc(=O)cc(C[NH+]3CCCC[C@@H]3CCO)c2cc1O. The van der Waals surface area contributed by atoms with Crippen LogP contribution in [0.2, 0.25) is 0 Å². The molecule has 1 aromatic carbocycles. The minimum absolute atomic E-state index is 0.200. The Hall–Kier alpha value is -1.85. The summed E-state index contributed by atoms with van der Waals surface area (Å²) in [5.41, 5.74) is 1.78. The number of phenols is 1. The highest BCUT2D eigenvalue weighted by Gasteiger charge is 2.26. The number of phenolic OH excluding ortho intramolecular Hbond substituents is 1. The monoisotopic (exact) mass is 318 g/mol. The van der Waals surface area contributed by atoms with E-state index in [-0.39, 0.29) is 18.0 Å². The highest BCUT2D eigenvalue weighted by molar-refractivity contribution is 5.82. The molecule has 5 nitrogen and oxygen atoms in total. The number of aromatic hydroxyl groups is 1. The molecular weight excluding hydrogens is 294 g/mol. The number of benzene rings is 1. The summed E-state index contributed by atoms with van der Waals surface area (Å²) in [4.78, 5) is 13.3. The second kappa shape index (κ2) is 6.72. The molecule has 1 fully saturated rings. The summed E-state index contributed by atoms with van der Waals surface area (Å²) in [7, 11) is 0. The van der Waals surface area contributed by atoms with Crippen LogP contribution >= 0.6 is 0 Å². The molecule has 3 rings (SSSR count). The van der Waals surface area contributed by atoms with Crippen molar-refractivity contribution in [2.45, 2.75) is 45.2 Å². The molecule has 3 N–H and O–H groups in total. The zero-order valence-electron chi connectivity index (χ0n) is 13.5. The lowest BCUT2D eigenvalue weighted by Gasteiger charge is -2.32. The molecule has 1 unspecified atom stereocenters. The van der Waals surface area contributed by atoms with E-state index in [1.54, 1.807) is 19.1 Å². The molecule has 0 saturated carbocycles. The summed E-state index contributed by atoms with van der Waals surface area (Å²) in [5, 5.41) is 20.1. The van der Waals surface area contributed by atoms with E-state index in [2.05, 4.69) is 0 Å². The Balaban J connectivity index is 1.98. The van der Waals surface area contributed by atoms with Gasteiger partial charge in [-0.15, -0.1) is 0 Å². The van der Waals surface area contributed by atoms with Crippen LogP contribution in [-0.4, -0.2) is 29.4 Å². The van der Waals surface area contributed by atoms with E-state index in [0.717, 1.165) is 36.9 Å². The third-order valence-corrected chi connectivity index (χ3v) is 4.92. The zero-order chi connectivity index (χ0) is 16.4. The van der Waals surface area contributed by atoms with Crippen LogP contribution in [0.3, 0.4) is 0 Å². The minimum Gasteiger partial charge on any atom is -0.508 e. The van der Waals surface area contributed by atoms with Gasteiger partial charge in [0.15, 0.2) is 0 Å². The van der Waals surface area contributed by atoms with E-state index in [0.29, 0.717) is 17.2 Å². The van der Waals surface area contributed by atoms with Crippen molar-refractivity contribution in [1.29, 1.82) is 0 Å². The van der Waals surface area contributed by atoms with Gasteiger partial charge in [-0.05, 0) is 43.9 Å². The zero-order valence-corrected chi connectivity index (χ0v) is 13.5. The van der Waals surface area contributed by atoms with Crippen molar-refractivity contribution in [3.05, 3.63) is 39.7 Å². The van der Waals surface area contributed by atoms with E-state index >= 15 is 0 Å². The molecule has 5 heteroatoms. The van der Waals surface area contributed by atoms with Gasteiger partial charge in [0.1, 0.15) is 17.9 Å². The number of nitrogens with one attached hydrogen (secondary N) is 1. The van der Waals surface area contributed by atoms with E-state index in [1.807, 2.05) is 0 Å². The van der Waals surface area contributed by atoms with Gasteiger partial charge >= 0.3 is 5.63 Å². The van der Waals surface area contributed by atoms with E-state index in [4.69, 9.17) is 4.42 Å². The van der Waals surface area contributed by atoms with E-state index in [1.165, 1.54) is 23.8 Å². The fourth-order valence-corrected chi connectivity index (χ4v) is 3.64. The Morgan fingerprint density at radius 2 is 2.13 bits per heavy atom. The Bertz CT molecular complexity index is 751. The molecule has 0 amide bonds. The first-order chi connectivity index (χ1) is 11.1. The number of aliphatic hydroxyl groups is 1. The molecule has 1 aliphatic rings. The largest absolute Gasteiger partial charge is 0.508 e. The lowest BCUT2D eigenvalue weighted by atomic mass is 9.98. The van der Waals surface area contributed by atoms with Gasteiger partial charge in [-0.1, -0.05) is 0 Å². The summed E-state index contributed by atoms with van der Waals surface area (Å²) in [6.07, 6.45) is 4.27. The number of aryl methyl sites for hydroxylation is 1. The fraction of sp³-hybridized carbons (Fsp3) is 0.500. The molecule has 0 spiro atoms. The first kappa shape index (κ1) is 16.0. The second-order valence-corrected chi connectivity index (χ2v) is 6.52. The third-order valence-electron chi connectivity index (χ3n) is 4.92. The van der Waals surface area contributed by atoms with Crippen LogP contribution in [0.1, 0.15) is 36.8 Å². The molecule has 1 aromatic heterocycles. The second-order valence-electron chi connectivity index (χ2n) is 6.52. The molecule has 0 bridgehead atoms. The van der Waals surface area contributed by atoms with Gasteiger partial charge in [0.05, 0.1) is 12.6 Å². The molecule has 2 heterocycles. The summed E-state index contributed by atoms with van der Waals surface area (Å²) in [6, 6.07) is 5.36. The average molecular weight is 318 g/mol. The summed E-state index contributed by atoms with van der Waals surface area (Å²) in [6.45, 7) is 3.75. The molecule has 1 aliphatic heterocycles. The molecule has 2 aromatic rings.